The first kappa shape index (κ1) is 21.6. The molecule has 0 spiro atoms. The lowest BCUT2D eigenvalue weighted by molar-refractivity contribution is -0.137. The fourth-order valence-electron chi connectivity index (χ4n) is 3.59. The molecule has 1 aliphatic heterocycles. The Labute approximate surface area is 181 Å². The van der Waals surface area contributed by atoms with Crippen LogP contribution in [0, 0.1) is 0 Å². The highest BCUT2D eigenvalue weighted by atomic mass is 19.4. The van der Waals surface area contributed by atoms with Gasteiger partial charge in [0.1, 0.15) is 11.9 Å². The van der Waals surface area contributed by atoms with E-state index >= 15 is 0 Å². The Kier molecular flexibility index (Phi) is 5.70. The van der Waals surface area contributed by atoms with Gasteiger partial charge in [-0.05, 0) is 29.8 Å². The van der Waals surface area contributed by atoms with Crippen LogP contribution in [0.15, 0.2) is 54.6 Å². The van der Waals surface area contributed by atoms with E-state index < -0.39 is 23.7 Å². The summed E-state index contributed by atoms with van der Waals surface area (Å²) in [7, 11) is 1.51. The van der Waals surface area contributed by atoms with Crippen molar-refractivity contribution in [1.82, 2.24) is 9.78 Å². The molecule has 3 aromatic rings. The van der Waals surface area contributed by atoms with Crippen LogP contribution in [0.5, 0.6) is 0 Å². The van der Waals surface area contributed by atoms with Crippen LogP contribution in [0.3, 0.4) is 0 Å². The van der Waals surface area contributed by atoms with Crippen LogP contribution in [0.2, 0.25) is 0 Å². The quantitative estimate of drug-likeness (QED) is 0.617. The number of nitrogens with zero attached hydrogens (tertiary/aromatic N) is 2. The summed E-state index contributed by atoms with van der Waals surface area (Å²) in [6.07, 6.45) is -4.64. The zero-order valence-corrected chi connectivity index (χ0v) is 16.9. The number of hydrogen-bond donors (Lipinski definition) is 2. The van der Waals surface area contributed by atoms with Gasteiger partial charge in [-0.2, -0.15) is 18.3 Å². The fourth-order valence-corrected chi connectivity index (χ4v) is 3.59. The Morgan fingerprint density at radius 1 is 1.19 bits per heavy atom. The minimum Gasteiger partial charge on any atom is -0.378 e. The molecule has 7 nitrogen and oxygen atoms in total. The van der Waals surface area contributed by atoms with Crippen molar-refractivity contribution in [1.29, 1.82) is 0 Å². The second-order valence-corrected chi connectivity index (χ2v) is 7.25. The fraction of sp³-hybridized carbons (Fsp3) is 0.227. The van der Waals surface area contributed by atoms with Crippen molar-refractivity contribution >= 4 is 23.3 Å². The van der Waals surface area contributed by atoms with E-state index in [1.807, 2.05) is 30.3 Å². The van der Waals surface area contributed by atoms with Gasteiger partial charge in [-0.3, -0.25) is 9.59 Å². The largest absolute Gasteiger partial charge is 0.416 e. The normalized spacial score (nSPS) is 15.8. The molecule has 1 atom stereocenters. The lowest BCUT2D eigenvalue weighted by atomic mass is 10.0. The maximum absolute atomic E-state index is 13.0. The number of carbonyl (C=O) groups excluding carboxylic acids is 2. The number of alkyl halides is 3. The number of amides is 2. The summed E-state index contributed by atoms with van der Waals surface area (Å²) in [5.41, 5.74) is 1.35. The van der Waals surface area contributed by atoms with Crippen molar-refractivity contribution < 1.29 is 27.5 Å². The van der Waals surface area contributed by atoms with Gasteiger partial charge in [-0.1, -0.05) is 30.3 Å². The van der Waals surface area contributed by atoms with E-state index in [4.69, 9.17) is 4.74 Å². The third kappa shape index (κ3) is 4.22. The average Bonchev–Trinajstić information content (AvgIpc) is 3.11. The maximum atomic E-state index is 13.0. The Bertz CT molecular complexity index is 1140. The molecule has 0 saturated carbocycles. The molecule has 1 aliphatic rings. The number of nitrogens with one attached hydrogen (secondary N) is 2. The van der Waals surface area contributed by atoms with Gasteiger partial charge in [-0.25, -0.2) is 4.68 Å². The van der Waals surface area contributed by atoms with Crippen molar-refractivity contribution in [3.05, 3.63) is 65.9 Å². The molecular weight excluding hydrogens is 425 g/mol. The molecule has 4 rings (SSSR count). The Morgan fingerprint density at radius 2 is 1.88 bits per heavy atom. The third-order valence-corrected chi connectivity index (χ3v) is 5.04. The molecular formula is C22H19F3N4O3. The zero-order valence-electron chi connectivity index (χ0n) is 16.9. The lowest BCUT2D eigenvalue weighted by Gasteiger charge is -2.24. The monoisotopic (exact) mass is 444 g/mol. The summed E-state index contributed by atoms with van der Waals surface area (Å²) in [5, 5.41) is 9.86. The molecule has 2 heterocycles. The van der Waals surface area contributed by atoms with Gasteiger partial charge >= 0.3 is 6.18 Å². The minimum atomic E-state index is -4.47. The number of aromatic nitrogens is 2. The van der Waals surface area contributed by atoms with Gasteiger partial charge in [0.25, 0.3) is 0 Å². The van der Waals surface area contributed by atoms with Gasteiger partial charge in [-0.15, -0.1) is 0 Å². The number of rotatable bonds is 5. The summed E-state index contributed by atoms with van der Waals surface area (Å²) in [5.74, 6) is -0.565. The van der Waals surface area contributed by atoms with Crippen molar-refractivity contribution in [2.75, 3.05) is 17.7 Å². The smallest absolute Gasteiger partial charge is 0.378 e. The maximum Gasteiger partial charge on any atom is 0.416 e. The first-order valence-corrected chi connectivity index (χ1v) is 9.71. The Balaban J connectivity index is 1.67. The highest BCUT2D eigenvalue weighted by Crippen LogP contribution is 2.37. The number of anilines is 2. The number of carbonyl (C=O) groups is 2. The van der Waals surface area contributed by atoms with E-state index in [1.165, 1.54) is 23.9 Å². The van der Waals surface area contributed by atoms with Crippen LogP contribution >= 0.6 is 0 Å². The van der Waals surface area contributed by atoms with Crippen LogP contribution < -0.4 is 10.6 Å². The molecule has 0 radical (unpaired) electrons. The molecule has 32 heavy (non-hydrogen) atoms. The molecule has 0 saturated heterocycles. The second kappa shape index (κ2) is 8.46. The topological polar surface area (TPSA) is 85.2 Å². The van der Waals surface area contributed by atoms with E-state index in [0.29, 0.717) is 17.1 Å². The predicted octanol–water partition coefficient (Wildman–Crippen LogP) is 4.24. The first-order valence-electron chi connectivity index (χ1n) is 9.71. The molecule has 1 aromatic heterocycles. The molecule has 166 valence electrons. The molecule has 2 N–H and O–H groups in total. The molecule has 0 fully saturated rings. The Hall–Kier alpha value is -3.66. The van der Waals surface area contributed by atoms with E-state index in [9.17, 15) is 22.8 Å². The number of hydrogen-bond acceptors (Lipinski definition) is 4. The summed E-state index contributed by atoms with van der Waals surface area (Å²) in [6, 6.07) is 12.4. The molecule has 10 heteroatoms. The lowest BCUT2D eigenvalue weighted by Crippen LogP contribution is -2.35. The van der Waals surface area contributed by atoms with Crippen LogP contribution in [0.1, 0.15) is 23.7 Å². The first-order chi connectivity index (χ1) is 15.3. The molecule has 2 amide bonds. The number of fused-ring (bicyclic) bond motifs is 1. The summed E-state index contributed by atoms with van der Waals surface area (Å²) in [6.45, 7) is 0.160. The highest BCUT2D eigenvalue weighted by Gasteiger charge is 2.35. The van der Waals surface area contributed by atoms with Gasteiger partial charge in [0.15, 0.2) is 0 Å². The van der Waals surface area contributed by atoms with Gasteiger partial charge in [0.05, 0.1) is 24.3 Å². The summed E-state index contributed by atoms with van der Waals surface area (Å²) < 4.78 is 45.0. The molecule has 0 aliphatic carbocycles. The van der Waals surface area contributed by atoms with E-state index in [2.05, 4.69) is 15.7 Å². The Morgan fingerprint density at radius 3 is 2.50 bits per heavy atom. The van der Waals surface area contributed by atoms with Crippen molar-refractivity contribution in [3.8, 4) is 11.1 Å². The van der Waals surface area contributed by atoms with Crippen molar-refractivity contribution in [3.63, 3.8) is 0 Å². The number of methoxy groups -OCH3 is 1. The summed E-state index contributed by atoms with van der Waals surface area (Å²) >= 11 is 0. The van der Waals surface area contributed by atoms with Crippen LogP contribution in [0.4, 0.5) is 24.7 Å². The van der Waals surface area contributed by atoms with Crippen LogP contribution in [0.25, 0.3) is 11.1 Å². The van der Waals surface area contributed by atoms with Crippen LogP contribution in [-0.2, 0) is 27.1 Å². The van der Waals surface area contributed by atoms with Crippen LogP contribution in [-0.4, -0.2) is 28.7 Å². The van der Waals surface area contributed by atoms with Gasteiger partial charge in [0, 0.05) is 18.4 Å². The van der Waals surface area contributed by atoms with E-state index in [1.54, 1.807) is 0 Å². The summed E-state index contributed by atoms with van der Waals surface area (Å²) in [4.78, 5) is 25.4. The average molecular weight is 444 g/mol. The van der Waals surface area contributed by atoms with Gasteiger partial charge < -0.3 is 15.4 Å². The SMILES string of the molecule is COCc1nn2c(c1-c1ccccc1)NC(=O)C[C@@H]2C(=O)Nc1ccc(C(F)(F)F)cc1. The van der Waals surface area contributed by atoms with E-state index in [0.717, 1.165) is 17.7 Å². The van der Waals surface area contributed by atoms with E-state index in [-0.39, 0.29) is 24.6 Å². The number of ether oxygens (including phenoxy) is 1. The standard InChI is InChI=1S/C22H19F3N4O3/c1-32-12-16-19(13-5-3-2-4-6-13)20-27-18(30)11-17(29(20)28-16)21(31)26-15-9-7-14(8-10-15)22(23,24)25/h2-10,17H,11-12H2,1H3,(H,26,31)(H,27,30)/t17-/m1/s1. The predicted molar refractivity (Wildman–Crippen MR) is 111 cm³/mol. The third-order valence-electron chi connectivity index (χ3n) is 5.04. The minimum absolute atomic E-state index is 0.160. The highest BCUT2D eigenvalue weighted by molar-refractivity contribution is 6.03. The zero-order chi connectivity index (χ0) is 22.9. The molecule has 0 unspecified atom stereocenters. The number of benzene rings is 2. The van der Waals surface area contributed by atoms with Crippen molar-refractivity contribution in [2.45, 2.75) is 25.2 Å². The number of halogens is 3. The van der Waals surface area contributed by atoms with Gasteiger partial charge in [0.2, 0.25) is 11.8 Å². The second-order valence-electron chi connectivity index (χ2n) is 7.25. The van der Waals surface area contributed by atoms with Crippen molar-refractivity contribution in [2.24, 2.45) is 0 Å². The molecule has 0 bridgehead atoms. The molecule has 2 aromatic carbocycles.